The fourth-order valence-electron chi connectivity index (χ4n) is 1.58. The molecule has 28 heavy (non-hydrogen) atoms. The van der Waals surface area contributed by atoms with Crippen molar-refractivity contribution < 1.29 is 43.0 Å². The molecule has 0 aliphatic heterocycles. The third-order valence-electron chi connectivity index (χ3n) is 2.94. The lowest BCUT2D eigenvalue weighted by Crippen LogP contribution is -2.12. The van der Waals surface area contributed by atoms with Gasteiger partial charge in [0.05, 0.1) is 92.5 Å². The second-order valence-corrected chi connectivity index (χ2v) is 5.38. The molecule has 0 spiro atoms. The van der Waals surface area contributed by atoms with Crippen LogP contribution in [0.25, 0.3) is 0 Å². The molecule has 0 saturated heterocycles. The predicted molar refractivity (Wildman–Crippen MR) is 106 cm³/mol. The van der Waals surface area contributed by atoms with Crippen molar-refractivity contribution in [2.24, 2.45) is 0 Å². The van der Waals surface area contributed by atoms with Gasteiger partial charge in [-0.2, -0.15) is 0 Å². The lowest BCUT2D eigenvalue weighted by molar-refractivity contribution is -0.000973. The molecule has 9 heteroatoms. The Hall–Kier alpha value is -0.360. The summed E-state index contributed by atoms with van der Waals surface area (Å²) in [5, 5.41) is 8.39. The van der Waals surface area contributed by atoms with Gasteiger partial charge in [0.15, 0.2) is 0 Å². The van der Waals surface area contributed by atoms with Crippen molar-refractivity contribution >= 4 is 0 Å². The van der Waals surface area contributed by atoms with Gasteiger partial charge < -0.3 is 43.0 Å². The van der Waals surface area contributed by atoms with E-state index in [1.54, 1.807) is 14.2 Å². The van der Waals surface area contributed by atoms with E-state index < -0.39 is 0 Å². The summed E-state index contributed by atoms with van der Waals surface area (Å²) in [5.74, 6) is 0. The summed E-state index contributed by atoms with van der Waals surface area (Å²) < 4.78 is 40.7. The summed E-state index contributed by atoms with van der Waals surface area (Å²) in [6.07, 6.45) is 1.06. The average molecular weight is 415 g/mol. The van der Waals surface area contributed by atoms with Gasteiger partial charge in [-0.15, -0.1) is 0 Å². The van der Waals surface area contributed by atoms with Crippen LogP contribution < -0.4 is 0 Å². The van der Waals surface area contributed by atoms with Crippen LogP contribution in [-0.4, -0.2) is 118 Å². The fourth-order valence-corrected chi connectivity index (χ4v) is 1.58. The Morgan fingerprint density at radius 3 is 1.00 bits per heavy atom. The van der Waals surface area contributed by atoms with Crippen LogP contribution in [0, 0.1) is 0 Å². The molecule has 0 rings (SSSR count). The molecule has 0 fully saturated rings. The first-order valence-corrected chi connectivity index (χ1v) is 9.88. The number of aliphatic hydroxyl groups excluding tert-OH is 1. The molecule has 0 aromatic rings. The first kappa shape index (κ1) is 29.8. The highest BCUT2D eigenvalue weighted by atomic mass is 16.6. The molecule has 0 aromatic heterocycles. The highest BCUT2D eigenvalue weighted by Gasteiger charge is 1.91. The number of hydrogen-bond acceptors (Lipinski definition) is 9. The topological polar surface area (TPSA) is 94.1 Å². The van der Waals surface area contributed by atoms with E-state index in [0.29, 0.717) is 85.9 Å². The maximum atomic E-state index is 8.39. The monoisotopic (exact) mass is 414 g/mol. The van der Waals surface area contributed by atoms with E-state index in [1.165, 1.54) is 0 Å². The molecule has 1 N–H and O–H groups in total. The standard InChI is InChI=1S/C10H22O4.C9H20O5/c1-3-4-12-7-8-14-10-9-13-6-5-11-2;1-11-4-5-13-8-9-14-7-6-12-3-2-10/h3-10H2,1-2H3;10H,2-9H2,1H3. The van der Waals surface area contributed by atoms with E-state index in [4.69, 9.17) is 43.0 Å². The highest BCUT2D eigenvalue weighted by Crippen LogP contribution is 1.83. The lowest BCUT2D eigenvalue weighted by Gasteiger charge is -2.05. The Balaban J connectivity index is 0. The highest BCUT2D eigenvalue weighted by molar-refractivity contribution is 4.34. The van der Waals surface area contributed by atoms with E-state index >= 15 is 0 Å². The summed E-state index contributed by atoms with van der Waals surface area (Å²) in [6.45, 7) is 10.6. The van der Waals surface area contributed by atoms with E-state index in [-0.39, 0.29) is 6.61 Å². The van der Waals surface area contributed by atoms with Gasteiger partial charge >= 0.3 is 0 Å². The molecular formula is C19H42O9. The first-order chi connectivity index (χ1) is 13.8. The summed E-state index contributed by atoms with van der Waals surface area (Å²) >= 11 is 0. The zero-order valence-electron chi connectivity index (χ0n) is 18.0. The van der Waals surface area contributed by atoms with E-state index in [2.05, 4.69) is 6.92 Å². The Morgan fingerprint density at radius 2 is 0.714 bits per heavy atom. The first-order valence-electron chi connectivity index (χ1n) is 9.88. The van der Waals surface area contributed by atoms with E-state index in [0.717, 1.165) is 13.0 Å². The molecule has 0 aromatic carbocycles. The van der Waals surface area contributed by atoms with Gasteiger partial charge in [-0.3, -0.25) is 0 Å². The normalized spacial score (nSPS) is 10.7. The molecule has 0 saturated carbocycles. The molecule has 0 radical (unpaired) electrons. The maximum Gasteiger partial charge on any atom is 0.0701 e. The Morgan fingerprint density at radius 1 is 0.429 bits per heavy atom. The van der Waals surface area contributed by atoms with Gasteiger partial charge in [-0.25, -0.2) is 0 Å². The second kappa shape index (κ2) is 31.3. The van der Waals surface area contributed by atoms with Gasteiger partial charge in [0, 0.05) is 20.8 Å². The van der Waals surface area contributed by atoms with E-state index in [1.807, 2.05) is 0 Å². The molecule has 0 unspecified atom stereocenters. The van der Waals surface area contributed by atoms with Gasteiger partial charge in [-0.1, -0.05) is 6.92 Å². The molecule has 0 bridgehead atoms. The molecule has 0 aliphatic rings. The van der Waals surface area contributed by atoms with Crippen LogP contribution >= 0.6 is 0 Å². The largest absolute Gasteiger partial charge is 0.394 e. The van der Waals surface area contributed by atoms with Gasteiger partial charge in [0.2, 0.25) is 0 Å². The van der Waals surface area contributed by atoms with Crippen molar-refractivity contribution in [3.05, 3.63) is 0 Å². The van der Waals surface area contributed by atoms with Crippen LogP contribution in [0.3, 0.4) is 0 Å². The van der Waals surface area contributed by atoms with E-state index in [9.17, 15) is 0 Å². The fraction of sp³-hybridized carbons (Fsp3) is 1.00. The minimum absolute atomic E-state index is 0.0557. The Kier molecular flexibility index (Phi) is 33.4. The maximum absolute atomic E-state index is 8.39. The van der Waals surface area contributed by atoms with Gasteiger partial charge in [0.1, 0.15) is 0 Å². The number of ether oxygens (including phenoxy) is 8. The third kappa shape index (κ3) is 33.2. The zero-order valence-corrected chi connectivity index (χ0v) is 18.0. The summed E-state index contributed by atoms with van der Waals surface area (Å²) in [4.78, 5) is 0. The molecular weight excluding hydrogens is 372 g/mol. The van der Waals surface area contributed by atoms with Crippen LogP contribution in [0.4, 0.5) is 0 Å². The zero-order chi connectivity index (χ0) is 21.0. The van der Waals surface area contributed by atoms with Crippen LogP contribution in [0.5, 0.6) is 0 Å². The van der Waals surface area contributed by atoms with Crippen molar-refractivity contribution in [1.29, 1.82) is 0 Å². The Bertz CT molecular complexity index is 197. The number of rotatable bonds is 22. The average Bonchev–Trinajstić information content (AvgIpc) is 2.71. The van der Waals surface area contributed by atoms with Crippen LogP contribution in [0.15, 0.2) is 0 Å². The molecule has 0 heterocycles. The molecule has 9 nitrogen and oxygen atoms in total. The number of aliphatic hydroxyl groups is 1. The van der Waals surface area contributed by atoms with Crippen molar-refractivity contribution in [2.45, 2.75) is 13.3 Å². The SMILES string of the molecule is CCCOCCOCCOCCOC.COCCOCCOCCOCCO. The number of methoxy groups -OCH3 is 2. The van der Waals surface area contributed by atoms with Gasteiger partial charge in [-0.05, 0) is 6.42 Å². The predicted octanol–water partition coefficient (Wildman–Crippen LogP) is 0.768. The third-order valence-corrected chi connectivity index (χ3v) is 2.94. The lowest BCUT2D eigenvalue weighted by atomic mass is 10.5. The van der Waals surface area contributed by atoms with Crippen molar-refractivity contribution in [3.63, 3.8) is 0 Å². The van der Waals surface area contributed by atoms with Crippen molar-refractivity contribution in [3.8, 4) is 0 Å². The Labute approximate surface area is 170 Å². The quantitative estimate of drug-likeness (QED) is 0.258. The van der Waals surface area contributed by atoms with Crippen LogP contribution in [0.2, 0.25) is 0 Å². The van der Waals surface area contributed by atoms with Crippen LogP contribution in [-0.2, 0) is 37.9 Å². The molecule has 0 atom stereocenters. The van der Waals surface area contributed by atoms with Crippen molar-refractivity contribution in [2.75, 3.05) is 113 Å². The van der Waals surface area contributed by atoms with Gasteiger partial charge in [0.25, 0.3) is 0 Å². The smallest absolute Gasteiger partial charge is 0.0701 e. The molecule has 0 aliphatic carbocycles. The number of hydrogen-bond donors (Lipinski definition) is 1. The molecule has 0 amide bonds. The minimum Gasteiger partial charge on any atom is -0.394 e. The molecule has 172 valence electrons. The minimum atomic E-state index is 0.0557. The summed E-state index contributed by atoms with van der Waals surface area (Å²) in [7, 11) is 3.29. The van der Waals surface area contributed by atoms with Crippen molar-refractivity contribution in [1.82, 2.24) is 0 Å². The summed E-state index contributed by atoms with van der Waals surface area (Å²) in [6, 6.07) is 0. The summed E-state index contributed by atoms with van der Waals surface area (Å²) in [5.41, 5.74) is 0. The van der Waals surface area contributed by atoms with Crippen LogP contribution in [0.1, 0.15) is 13.3 Å². The second-order valence-electron chi connectivity index (χ2n) is 5.38.